The summed E-state index contributed by atoms with van der Waals surface area (Å²) in [5.74, 6) is 0. The SMILES string of the molecule is [La].[O]=[Sn].[SbH3]. The van der Waals surface area contributed by atoms with Crippen LogP contribution < -0.4 is 0 Å². The first-order valence-electron chi connectivity index (χ1n) is 0.204. The molecule has 0 saturated carbocycles. The molecular formula is H3LaOSbSn. The number of rotatable bonds is 0. The molecule has 4 heavy (non-hydrogen) atoms. The van der Waals surface area contributed by atoms with Crippen LogP contribution in [0.15, 0.2) is 0 Å². The maximum atomic E-state index is 8.34. The van der Waals surface area contributed by atoms with Crippen LogP contribution in [-0.4, -0.2) is 46.9 Å². The quantitative estimate of drug-likeness (QED) is 0.446. The molecule has 0 aliphatic carbocycles. The van der Waals surface area contributed by atoms with Crippen LogP contribution in [0.5, 0.6) is 0 Å². The van der Waals surface area contributed by atoms with Gasteiger partial charge in [0.15, 0.2) is 0 Å². The van der Waals surface area contributed by atoms with Crippen molar-refractivity contribution in [2.24, 2.45) is 0 Å². The summed E-state index contributed by atoms with van der Waals surface area (Å²) in [5, 5.41) is 0. The molecule has 0 atom stereocenters. The molecule has 0 heterocycles. The van der Waals surface area contributed by atoms with Gasteiger partial charge in [-0.2, -0.15) is 0 Å². The van der Waals surface area contributed by atoms with E-state index in [1.54, 1.807) is 0 Å². The van der Waals surface area contributed by atoms with Crippen molar-refractivity contribution in [1.82, 2.24) is 0 Å². The van der Waals surface area contributed by atoms with Crippen LogP contribution in [0.3, 0.4) is 0 Å². The molecule has 3 radical (unpaired) electrons. The first-order chi connectivity index (χ1) is 1.00. The molecule has 0 aromatic rings. The Morgan fingerprint density at radius 3 is 1.25 bits per heavy atom. The summed E-state index contributed by atoms with van der Waals surface area (Å²) >= 11 is 0.300. The van der Waals surface area contributed by atoms with Gasteiger partial charge in [0.05, 0.1) is 0 Å². The Hall–Kier alpha value is 2.61. The van der Waals surface area contributed by atoms with Crippen molar-refractivity contribution in [3.63, 3.8) is 0 Å². The Morgan fingerprint density at radius 2 is 1.25 bits per heavy atom. The predicted molar refractivity (Wildman–Crippen MR) is 16.4 cm³/mol. The Bertz CT molecular complexity index is 8.00. The molecule has 21 valence electrons. The second-order valence-electron chi connectivity index (χ2n) is 0. The van der Waals surface area contributed by atoms with Crippen molar-refractivity contribution in [1.29, 1.82) is 0 Å². The zero-order valence-corrected chi connectivity index (χ0v) is 12.7. The minimum atomic E-state index is 0. The van der Waals surface area contributed by atoms with Crippen molar-refractivity contribution in [3.05, 3.63) is 0 Å². The second kappa shape index (κ2) is 17.5. The van der Waals surface area contributed by atoms with Crippen molar-refractivity contribution in [2.45, 2.75) is 0 Å². The van der Waals surface area contributed by atoms with Gasteiger partial charge in [-0.3, -0.25) is 0 Å². The van der Waals surface area contributed by atoms with Gasteiger partial charge in [0.1, 0.15) is 0 Å². The maximum absolute atomic E-state index is 8.34. The molecule has 4 heteroatoms. The van der Waals surface area contributed by atoms with E-state index in [-0.39, 0.29) is 60.0 Å². The van der Waals surface area contributed by atoms with Gasteiger partial charge in [0, 0.05) is 35.6 Å². The molecule has 0 saturated heterocycles. The third kappa shape index (κ3) is 8.82. The molecule has 0 bridgehead atoms. The molecule has 0 aromatic heterocycles. The zero-order chi connectivity index (χ0) is 2.00. The van der Waals surface area contributed by atoms with Crippen LogP contribution >= 0.6 is 0 Å². The van der Waals surface area contributed by atoms with Crippen LogP contribution in [0.2, 0.25) is 0 Å². The molecule has 0 aliphatic rings. The van der Waals surface area contributed by atoms with E-state index in [4.69, 9.17) is 3.08 Å². The van der Waals surface area contributed by atoms with E-state index >= 15 is 0 Å². The molecule has 0 aromatic carbocycles. The van der Waals surface area contributed by atoms with E-state index in [1.807, 2.05) is 0 Å². The molecule has 0 fully saturated rings. The fourth-order valence-corrected chi connectivity index (χ4v) is 0. The summed E-state index contributed by atoms with van der Waals surface area (Å²) in [6, 6.07) is 0. The van der Waals surface area contributed by atoms with Gasteiger partial charge in [-0.15, -0.1) is 0 Å². The summed E-state index contributed by atoms with van der Waals surface area (Å²) in [4.78, 5) is 0. The summed E-state index contributed by atoms with van der Waals surface area (Å²) < 4.78 is 8.34. The van der Waals surface area contributed by atoms with Crippen LogP contribution in [-0.2, 0) is 3.08 Å². The van der Waals surface area contributed by atoms with Crippen molar-refractivity contribution >= 4 is 46.9 Å². The summed E-state index contributed by atoms with van der Waals surface area (Å²) in [6.45, 7) is 0. The predicted octanol–water partition coefficient (Wildman–Crippen LogP) is -1.68. The van der Waals surface area contributed by atoms with Crippen LogP contribution in [0, 0.1) is 35.6 Å². The molecule has 0 N–H and O–H groups in total. The van der Waals surface area contributed by atoms with Gasteiger partial charge in [0.2, 0.25) is 0 Å². The van der Waals surface area contributed by atoms with E-state index in [0.717, 1.165) is 0 Å². The average molecular weight is 398 g/mol. The molecule has 0 unspecified atom stereocenters. The van der Waals surface area contributed by atoms with E-state index in [1.165, 1.54) is 0 Å². The second-order valence-corrected chi connectivity index (χ2v) is 0. The minimum absolute atomic E-state index is 0. The topological polar surface area (TPSA) is 17.1 Å². The Kier molecular flexibility index (Phi) is 69.8. The number of hydrogen-bond donors (Lipinski definition) is 0. The molecule has 0 aliphatic heterocycles. The molecular weight excluding hydrogens is 395 g/mol. The van der Waals surface area contributed by atoms with Gasteiger partial charge in [-0.1, -0.05) is 0 Å². The molecule has 1 nitrogen and oxygen atoms in total. The normalized spacial score (nSPS) is 1.00. The van der Waals surface area contributed by atoms with Gasteiger partial charge < -0.3 is 0 Å². The van der Waals surface area contributed by atoms with E-state index in [0.29, 0.717) is 22.5 Å². The Balaban J connectivity index is -0.00000000500. The van der Waals surface area contributed by atoms with Gasteiger partial charge in [-0.05, 0) is 0 Å². The standard InChI is InChI=1S/La.O.Sb.Sn.3H. The molecule has 0 amide bonds. The Labute approximate surface area is 83.8 Å². The molecule has 0 rings (SSSR count). The van der Waals surface area contributed by atoms with Crippen LogP contribution in [0.1, 0.15) is 0 Å². The van der Waals surface area contributed by atoms with Gasteiger partial charge in [-0.25, -0.2) is 0 Å². The van der Waals surface area contributed by atoms with Crippen LogP contribution in [0.25, 0.3) is 0 Å². The van der Waals surface area contributed by atoms with E-state index in [2.05, 4.69) is 0 Å². The first-order valence-corrected chi connectivity index (χ1v) is 1.37. The number of hydrogen-bond acceptors (Lipinski definition) is 1. The van der Waals surface area contributed by atoms with E-state index < -0.39 is 0 Å². The fraction of sp³-hybridized carbons (Fsp3) is 0. The third-order valence-corrected chi connectivity index (χ3v) is 0. The summed E-state index contributed by atoms with van der Waals surface area (Å²) in [7, 11) is 0. The summed E-state index contributed by atoms with van der Waals surface area (Å²) in [5.41, 5.74) is 0. The van der Waals surface area contributed by atoms with Crippen molar-refractivity contribution < 1.29 is 38.7 Å². The fourth-order valence-electron chi connectivity index (χ4n) is 0. The van der Waals surface area contributed by atoms with E-state index in [9.17, 15) is 0 Å². The van der Waals surface area contributed by atoms with Crippen LogP contribution in [0.4, 0.5) is 0 Å². The van der Waals surface area contributed by atoms with Gasteiger partial charge >= 0.3 is 50.0 Å². The molecule has 0 spiro atoms. The average Bonchev–Trinajstić information content (AvgIpc) is 1.00. The third-order valence-electron chi connectivity index (χ3n) is 0. The summed E-state index contributed by atoms with van der Waals surface area (Å²) in [6.07, 6.45) is 0. The Morgan fingerprint density at radius 1 is 1.25 bits per heavy atom. The van der Waals surface area contributed by atoms with Crippen molar-refractivity contribution in [3.8, 4) is 0 Å². The van der Waals surface area contributed by atoms with Crippen molar-refractivity contribution in [2.75, 3.05) is 0 Å². The first kappa shape index (κ1) is 16.0. The monoisotopic (exact) mass is 399 g/mol. The zero-order valence-electron chi connectivity index (χ0n) is 2.19. The van der Waals surface area contributed by atoms with Gasteiger partial charge in [0.25, 0.3) is 0 Å².